The third-order valence-corrected chi connectivity index (χ3v) is 3.39. The molecule has 1 aliphatic heterocycles. The van der Waals surface area contributed by atoms with Crippen LogP contribution in [0.2, 0.25) is 0 Å². The lowest BCUT2D eigenvalue weighted by Gasteiger charge is -2.20. The predicted molar refractivity (Wildman–Crippen MR) is 74.7 cm³/mol. The van der Waals surface area contributed by atoms with Crippen LogP contribution < -0.4 is 14.8 Å². The number of hydrogen-bond acceptors (Lipinski definition) is 4. The smallest absolute Gasteiger partial charge is 0.231 e. The first-order valence-electron chi connectivity index (χ1n) is 6.93. The molecule has 4 heteroatoms. The van der Waals surface area contributed by atoms with Gasteiger partial charge in [-0.3, -0.25) is 0 Å². The van der Waals surface area contributed by atoms with Gasteiger partial charge in [-0.1, -0.05) is 19.4 Å². The highest BCUT2D eigenvalue weighted by Gasteiger charge is 2.17. The quantitative estimate of drug-likeness (QED) is 0.823. The van der Waals surface area contributed by atoms with E-state index >= 15 is 0 Å². The Morgan fingerprint density at radius 2 is 2.11 bits per heavy atom. The SMILES string of the molecule is CCCC(C)OCC(NC)c1ccc2c(c1)OCO2. The monoisotopic (exact) mass is 265 g/mol. The summed E-state index contributed by atoms with van der Waals surface area (Å²) < 4.78 is 16.6. The van der Waals surface area contributed by atoms with E-state index in [4.69, 9.17) is 14.2 Å². The molecule has 0 aliphatic carbocycles. The topological polar surface area (TPSA) is 39.7 Å². The van der Waals surface area contributed by atoms with Gasteiger partial charge in [0.05, 0.1) is 18.8 Å². The Balaban J connectivity index is 1.97. The fourth-order valence-corrected chi connectivity index (χ4v) is 2.23. The van der Waals surface area contributed by atoms with Crippen molar-refractivity contribution < 1.29 is 14.2 Å². The molecule has 0 saturated heterocycles. The standard InChI is InChI=1S/C15H23NO3/c1-4-5-11(2)17-9-13(16-3)12-6-7-14-15(8-12)19-10-18-14/h6-8,11,13,16H,4-5,9-10H2,1-3H3. The molecule has 0 radical (unpaired) electrons. The van der Waals surface area contributed by atoms with Crippen LogP contribution >= 0.6 is 0 Å². The van der Waals surface area contributed by atoms with Crippen LogP contribution in [0.3, 0.4) is 0 Å². The van der Waals surface area contributed by atoms with Crippen LogP contribution in [-0.2, 0) is 4.74 Å². The average molecular weight is 265 g/mol. The first-order valence-corrected chi connectivity index (χ1v) is 6.93. The molecule has 2 rings (SSSR count). The Labute approximate surface area is 115 Å². The van der Waals surface area contributed by atoms with E-state index in [0.29, 0.717) is 19.5 Å². The van der Waals surface area contributed by atoms with E-state index in [1.54, 1.807) is 0 Å². The number of likely N-dealkylation sites (N-methyl/N-ethyl adjacent to an activating group) is 1. The summed E-state index contributed by atoms with van der Waals surface area (Å²) in [4.78, 5) is 0. The van der Waals surface area contributed by atoms with Gasteiger partial charge in [0.25, 0.3) is 0 Å². The first-order chi connectivity index (χ1) is 9.24. The van der Waals surface area contributed by atoms with Gasteiger partial charge in [-0.2, -0.15) is 0 Å². The molecule has 19 heavy (non-hydrogen) atoms. The Morgan fingerprint density at radius 3 is 2.84 bits per heavy atom. The first kappa shape index (κ1) is 14.2. The summed E-state index contributed by atoms with van der Waals surface area (Å²) in [6, 6.07) is 6.21. The van der Waals surface area contributed by atoms with Gasteiger partial charge in [0.1, 0.15) is 0 Å². The molecule has 106 valence electrons. The van der Waals surface area contributed by atoms with Crippen LogP contribution in [0.25, 0.3) is 0 Å². The second kappa shape index (κ2) is 6.78. The van der Waals surface area contributed by atoms with Crippen molar-refractivity contribution in [3.63, 3.8) is 0 Å². The second-order valence-electron chi connectivity index (χ2n) is 4.89. The molecule has 0 amide bonds. The lowest BCUT2D eigenvalue weighted by atomic mass is 10.1. The third-order valence-electron chi connectivity index (χ3n) is 3.39. The molecule has 1 N–H and O–H groups in total. The molecule has 1 heterocycles. The number of hydrogen-bond donors (Lipinski definition) is 1. The van der Waals surface area contributed by atoms with E-state index in [-0.39, 0.29) is 6.04 Å². The Bertz CT molecular complexity index is 408. The molecule has 2 unspecified atom stereocenters. The van der Waals surface area contributed by atoms with Gasteiger partial charge >= 0.3 is 0 Å². The van der Waals surface area contributed by atoms with Crippen LogP contribution in [0.4, 0.5) is 0 Å². The average Bonchev–Trinajstić information content (AvgIpc) is 2.87. The molecule has 4 nitrogen and oxygen atoms in total. The molecular weight excluding hydrogens is 242 g/mol. The maximum Gasteiger partial charge on any atom is 0.231 e. The van der Waals surface area contributed by atoms with Crippen molar-refractivity contribution in [3.05, 3.63) is 23.8 Å². The minimum atomic E-state index is 0.175. The molecule has 1 aliphatic rings. The number of nitrogens with one attached hydrogen (secondary N) is 1. The second-order valence-corrected chi connectivity index (χ2v) is 4.89. The zero-order chi connectivity index (χ0) is 13.7. The van der Waals surface area contributed by atoms with Gasteiger partial charge in [-0.15, -0.1) is 0 Å². The summed E-state index contributed by atoms with van der Waals surface area (Å²) >= 11 is 0. The van der Waals surface area contributed by atoms with Gasteiger partial charge in [0, 0.05) is 0 Å². The summed E-state index contributed by atoms with van der Waals surface area (Å²) in [7, 11) is 1.95. The fourth-order valence-electron chi connectivity index (χ4n) is 2.23. The Hall–Kier alpha value is -1.26. The van der Waals surface area contributed by atoms with Gasteiger partial charge in [0.2, 0.25) is 6.79 Å². The van der Waals surface area contributed by atoms with E-state index < -0.39 is 0 Å². The summed E-state index contributed by atoms with van der Waals surface area (Å²) in [5, 5.41) is 3.29. The van der Waals surface area contributed by atoms with E-state index in [0.717, 1.165) is 29.9 Å². The maximum absolute atomic E-state index is 5.87. The summed E-state index contributed by atoms with van der Waals surface area (Å²) in [5.74, 6) is 1.64. The largest absolute Gasteiger partial charge is 0.454 e. The van der Waals surface area contributed by atoms with Gasteiger partial charge in [-0.05, 0) is 38.1 Å². The van der Waals surface area contributed by atoms with Crippen molar-refractivity contribution >= 4 is 0 Å². The van der Waals surface area contributed by atoms with Crippen LogP contribution in [0.5, 0.6) is 11.5 Å². The van der Waals surface area contributed by atoms with Crippen molar-refractivity contribution in [1.29, 1.82) is 0 Å². The zero-order valence-electron chi connectivity index (χ0n) is 11.9. The minimum Gasteiger partial charge on any atom is -0.454 e. The Morgan fingerprint density at radius 1 is 1.32 bits per heavy atom. The van der Waals surface area contributed by atoms with Crippen LogP contribution in [0.1, 0.15) is 38.3 Å². The van der Waals surface area contributed by atoms with Crippen LogP contribution in [-0.4, -0.2) is 26.6 Å². The number of ether oxygens (including phenoxy) is 3. The lowest BCUT2D eigenvalue weighted by molar-refractivity contribution is 0.0452. The zero-order valence-corrected chi connectivity index (χ0v) is 11.9. The minimum absolute atomic E-state index is 0.175. The van der Waals surface area contributed by atoms with Crippen molar-refractivity contribution in [2.75, 3.05) is 20.4 Å². The van der Waals surface area contributed by atoms with E-state index in [9.17, 15) is 0 Å². The van der Waals surface area contributed by atoms with E-state index in [2.05, 4.69) is 25.2 Å². The van der Waals surface area contributed by atoms with Crippen molar-refractivity contribution in [3.8, 4) is 11.5 Å². The molecule has 0 aromatic heterocycles. The molecular formula is C15H23NO3. The fraction of sp³-hybridized carbons (Fsp3) is 0.600. The number of benzene rings is 1. The normalized spacial score (nSPS) is 16.4. The maximum atomic E-state index is 5.87. The van der Waals surface area contributed by atoms with Gasteiger partial charge in [0.15, 0.2) is 11.5 Å². The molecule has 0 spiro atoms. The van der Waals surface area contributed by atoms with Gasteiger partial charge < -0.3 is 19.5 Å². The lowest BCUT2D eigenvalue weighted by Crippen LogP contribution is -2.24. The summed E-state index contributed by atoms with van der Waals surface area (Å²) in [6.07, 6.45) is 2.54. The molecule has 0 bridgehead atoms. The Kier molecular flexibility index (Phi) is 5.05. The molecule has 0 fully saturated rings. The number of rotatable bonds is 7. The van der Waals surface area contributed by atoms with E-state index in [1.807, 2.05) is 19.2 Å². The highest BCUT2D eigenvalue weighted by atomic mass is 16.7. The third kappa shape index (κ3) is 3.61. The van der Waals surface area contributed by atoms with Crippen molar-refractivity contribution in [2.24, 2.45) is 0 Å². The highest BCUT2D eigenvalue weighted by molar-refractivity contribution is 5.45. The highest BCUT2D eigenvalue weighted by Crippen LogP contribution is 2.34. The van der Waals surface area contributed by atoms with Crippen molar-refractivity contribution in [1.82, 2.24) is 5.32 Å². The number of fused-ring (bicyclic) bond motifs is 1. The van der Waals surface area contributed by atoms with Crippen molar-refractivity contribution in [2.45, 2.75) is 38.8 Å². The van der Waals surface area contributed by atoms with Gasteiger partial charge in [-0.25, -0.2) is 0 Å². The predicted octanol–water partition coefficient (Wildman–Crippen LogP) is 2.88. The van der Waals surface area contributed by atoms with Crippen LogP contribution in [0, 0.1) is 0 Å². The summed E-state index contributed by atoms with van der Waals surface area (Å²) in [6.45, 7) is 5.27. The van der Waals surface area contributed by atoms with Crippen LogP contribution in [0.15, 0.2) is 18.2 Å². The van der Waals surface area contributed by atoms with E-state index in [1.165, 1.54) is 0 Å². The molecule has 1 aromatic rings. The molecule has 1 aromatic carbocycles. The molecule has 0 saturated carbocycles. The molecule has 2 atom stereocenters. The summed E-state index contributed by atoms with van der Waals surface area (Å²) in [5.41, 5.74) is 1.16.